The maximum Gasteiger partial charge on any atom is 0.119 e. The van der Waals surface area contributed by atoms with Gasteiger partial charge in [0.25, 0.3) is 0 Å². The van der Waals surface area contributed by atoms with Crippen LogP contribution in [0.25, 0.3) is 0 Å². The van der Waals surface area contributed by atoms with Gasteiger partial charge in [-0.25, -0.2) is 0 Å². The van der Waals surface area contributed by atoms with Crippen LogP contribution in [0, 0.1) is 0 Å². The first-order valence-corrected chi connectivity index (χ1v) is 7.05. The fourth-order valence-corrected chi connectivity index (χ4v) is 1.59. The summed E-state index contributed by atoms with van der Waals surface area (Å²) in [5, 5.41) is 4.01. The number of nitrogens with one attached hydrogen (secondary N) is 1. The summed E-state index contributed by atoms with van der Waals surface area (Å²) in [6.45, 7) is 4.79. The Kier molecular flexibility index (Phi) is 6.89. The third-order valence-electron chi connectivity index (χ3n) is 2.44. The van der Waals surface area contributed by atoms with Gasteiger partial charge in [0, 0.05) is 18.3 Å². The summed E-state index contributed by atoms with van der Waals surface area (Å²) in [6, 6.07) is 7.64. The molecular formula is C13H21NO2S. The Bertz CT molecular complexity index is 303. The lowest BCUT2D eigenvalue weighted by Gasteiger charge is -2.10. The summed E-state index contributed by atoms with van der Waals surface area (Å²) in [5.74, 6) is 1.73. The van der Waals surface area contributed by atoms with Crippen molar-refractivity contribution < 1.29 is 9.47 Å². The highest BCUT2D eigenvalue weighted by Crippen LogP contribution is 2.16. The molecule has 0 fully saturated rings. The van der Waals surface area contributed by atoms with Crippen molar-refractivity contribution in [3.8, 4) is 11.5 Å². The van der Waals surface area contributed by atoms with Crippen molar-refractivity contribution in [3.63, 3.8) is 0 Å². The van der Waals surface area contributed by atoms with Gasteiger partial charge in [0.2, 0.25) is 0 Å². The van der Waals surface area contributed by atoms with Crippen LogP contribution in [0.1, 0.15) is 6.92 Å². The van der Waals surface area contributed by atoms with E-state index in [0.29, 0.717) is 11.9 Å². The minimum atomic E-state index is 0.649. The number of benzene rings is 1. The zero-order valence-corrected chi connectivity index (χ0v) is 11.5. The van der Waals surface area contributed by atoms with Gasteiger partial charge in [-0.3, -0.25) is 0 Å². The molecule has 0 bridgehead atoms. The molecule has 0 heterocycles. The largest absolute Gasteiger partial charge is 0.497 e. The fraction of sp³-hybridized carbons (Fsp3) is 0.538. The molecule has 0 spiro atoms. The molecule has 1 rings (SSSR count). The van der Waals surface area contributed by atoms with Crippen molar-refractivity contribution in [1.29, 1.82) is 0 Å². The van der Waals surface area contributed by atoms with Crippen LogP contribution in [0.15, 0.2) is 24.3 Å². The molecule has 1 atom stereocenters. The predicted octanol–water partition coefficient (Wildman–Crippen LogP) is 2.42. The van der Waals surface area contributed by atoms with Gasteiger partial charge in [-0.2, -0.15) is 11.8 Å². The van der Waals surface area contributed by atoms with Gasteiger partial charge < -0.3 is 14.8 Å². The van der Waals surface area contributed by atoms with E-state index < -0.39 is 0 Å². The van der Waals surface area contributed by atoms with E-state index in [2.05, 4.69) is 18.5 Å². The Morgan fingerprint density at radius 2 is 1.88 bits per heavy atom. The normalized spacial score (nSPS) is 12.2. The van der Waals surface area contributed by atoms with E-state index in [9.17, 15) is 0 Å². The Labute approximate surface area is 108 Å². The minimum absolute atomic E-state index is 0.649. The van der Waals surface area contributed by atoms with Gasteiger partial charge in [0.05, 0.1) is 7.11 Å². The molecule has 1 aromatic carbocycles. The topological polar surface area (TPSA) is 30.5 Å². The summed E-state index contributed by atoms with van der Waals surface area (Å²) >= 11 is 1.87. The van der Waals surface area contributed by atoms with Crippen LogP contribution >= 0.6 is 11.8 Å². The van der Waals surface area contributed by atoms with Crippen LogP contribution in [0.5, 0.6) is 11.5 Å². The van der Waals surface area contributed by atoms with Crippen molar-refractivity contribution >= 4 is 11.8 Å². The first kappa shape index (κ1) is 14.2. The van der Waals surface area contributed by atoms with Gasteiger partial charge in [-0.05, 0) is 30.5 Å². The van der Waals surface area contributed by atoms with Gasteiger partial charge in [0.15, 0.2) is 0 Å². The van der Waals surface area contributed by atoms with E-state index in [1.54, 1.807) is 7.11 Å². The Hall–Kier alpha value is -0.870. The van der Waals surface area contributed by atoms with E-state index in [1.807, 2.05) is 36.0 Å². The molecule has 0 amide bonds. The highest BCUT2D eigenvalue weighted by Gasteiger charge is 1.98. The van der Waals surface area contributed by atoms with Crippen molar-refractivity contribution in [3.05, 3.63) is 24.3 Å². The lowest BCUT2D eigenvalue weighted by Crippen LogP contribution is -2.27. The molecule has 0 aliphatic heterocycles. The van der Waals surface area contributed by atoms with Gasteiger partial charge in [-0.15, -0.1) is 0 Å². The summed E-state index contributed by atoms with van der Waals surface area (Å²) < 4.78 is 10.7. The lowest BCUT2D eigenvalue weighted by atomic mass is 10.3. The zero-order chi connectivity index (χ0) is 12.5. The molecule has 1 N–H and O–H groups in total. The minimum Gasteiger partial charge on any atom is -0.497 e. The summed E-state index contributed by atoms with van der Waals surface area (Å²) in [4.78, 5) is 0. The third-order valence-corrected chi connectivity index (χ3v) is 3.41. The maximum absolute atomic E-state index is 5.60. The molecule has 1 aromatic rings. The average molecular weight is 255 g/mol. The second-order valence-corrected chi connectivity index (χ2v) is 5.05. The second kappa shape index (κ2) is 8.25. The van der Waals surface area contributed by atoms with Crippen molar-refractivity contribution in [1.82, 2.24) is 5.32 Å². The van der Waals surface area contributed by atoms with Gasteiger partial charge >= 0.3 is 0 Å². The molecule has 0 saturated carbocycles. The fourth-order valence-electron chi connectivity index (χ4n) is 1.30. The van der Waals surface area contributed by atoms with Crippen LogP contribution in [-0.4, -0.2) is 38.3 Å². The average Bonchev–Trinajstić information content (AvgIpc) is 2.38. The molecule has 0 radical (unpaired) electrons. The molecule has 4 heteroatoms. The van der Waals surface area contributed by atoms with Crippen LogP contribution in [0.2, 0.25) is 0 Å². The first-order chi connectivity index (χ1) is 8.26. The highest BCUT2D eigenvalue weighted by molar-refractivity contribution is 7.99. The second-order valence-electron chi connectivity index (χ2n) is 3.77. The molecule has 96 valence electrons. The predicted molar refractivity (Wildman–Crippen MR) is 74.3 cm³/mol. The molecule has 0 saturated heterocycles. The summed E-state index contributed by atoms with van der Waals surface area (Å²) in [6.07, 6.45) is 2.13. The van der Waals surface area contributed by atoms with Crippen molar-refractivity contribution in [2.75, 3.05) is 33.1 Å². The summed E-state index contributed by atoms with van der Waals surface area (Å²) in [5.41, 5.74) is 0. The van der Waals surface area contributed by atoms with E-state index >= 15 is 0 Å². The van der Waals surface area contributed by atoms with Crippen molar-refractivity contribution in [2.45, 2.75) is 12.2 Å². The van der Waals surface area contributed by atoms with E-state index in [-0.39, 0.29) is 0 Å². The van der Waals surface area contributed by atoms with E-state index in [0.717, 1.165) is 24.6 Å². The standard InChI is InChI=1S/C13H21NO2S/c1-11(17-3)10-14-8-9-16-13-6-4-12(15-2)5-7-13/h4-7,11,14H,8-10H2,1-3H3. The Morgan fingerprint density at radius 1 is 1.24 bits per heavy atom. The van der Waals surface area contributed by atoms with Gasteiger partial charge in [-0.1, -0.05) is 6.92 Å². The maximum atomic E-state index is 5.60. The number of thioether (sulfide) groups is 1. The van der Waals surface area contributed by atoms with Crippen molar-refractivity contribution in [2.24, 2.45) is 0 Å². The van der Waals surface area contributed by atoms with Crippen LogP contribution in [-0.2, 0) is 0 Å². The monoisotopic (exact) mass is 255 g/mol. The zero-order valence-electron chi connectivity index (χ0n) is 10.7. The number of rotatable bonds is 8. The molecule has 1 unspecified atom stereocenters. The SMILES string of the molecule is COc1ccc(OCCNCC(C)SC)cc1. The molecule has 17 heavy (non-hydrogen) atoms. The smallest absolute Gasteiger partial charge is 0.119 e. The Balaban J connectivity index is 2.13. The quantitative estimate of drug-likeness (QED) is 0.723. The summed E-state index contributed by atoms with van der Waals surface area (Å²) in [7, 11) is 1.66. The van der Waals surface area contributed by atoms with Crippen LogP contribution in [0.4, 0.5) is 0 Å². The highest BCUT2D eigenvalue weighted by atomic mass is 32.2. The molecule has 3 nitrogen and oxygen atoms in total. The molecular weight excluding hydrogens is 234 g/mol. The van der Waals surface area contributed by atoms with E-state index in [4.69, 9.17) is 9.47 Å². The van der Waals surface area contributed by atoms with E-state index in [1.165, 1.54) is 0 Å². The number of hydrogen-bond acceptors (Lipinski definition) is 4. The molecule has 0 aliphatic rings. The number of methoxy groups -OCH3 is 1. The number of hydrogen-bond donors (Lipinski definition) is 1. The first-order valence-electron chi connectivity index (χ1n) is 5.76. The third kappa shape index (κ3) is 5.84. The number of ether oxygens (including phenoxy) is 2. The Morgan fingerprint density at radius 3 is 2.47 bits per heavy atom. The molecule has 0 aromatic heterocycles. The van der Waals surface area contributed by atoms with Crippen LogP contribution in [0.3, 0.4) is 0 Å². The van der Waals surface area contributed by atoms with Gasteiger partial charge in [0.1, 0.15) is 18.1 Å². The molecule has 0 aliphatic carbocycles. The van der Waals surface area contributed by atoms with Crippen LogP contribution < -0.4 is 14.8 Å². The lowest BCUT2D eigenvalue weighted by molar-refractivity contribution is 0.314.